The number of nitrogens with zero attached hydrogens (tertiary/aromatic N) is 1. The number of Topliss-reactive ketones (excluding diaryl/α,β-unsaturated/α-hetero) is 1. The molecule has 0 saturated heterocycles. The lowest BCUT2D eigenvalue weighted by atomic mass is 10.0. The average Bonchev–Trinajstić information content (AvgIpc) is 3.07. The Hall–Kier alpha value is -2.32. The summed E-state index contributed by atoms with van der Waals surface area (Å²) < 4.78 is 10.3. The maximum Gasteiger partial charge on any atom is 0.329 e. The molecule has 0 aromatic heterocycles. The van der Waals surface area contributed by atoms with Gasteiger partial charge in [-0.25, -0.2) is 4.79 Å². The van der Waals surface area contributed by atoms with Gasteiger partial charge in [-0.15, -0.1) is 0 Å². The second-order valence-corrected chi connectivity index (χ2v) is 9.41. The molecule has 0 spiro atoms. The summed E-state index contributed by atoms with van der Waals surface area (Å²) in [5, 5.41) is -0.836. The van der Waals surface area contributed by atoms with E-state index in [0.29, 0.717) is 5.75 Å². The van der Waals surface area contributed by atoms with Gasteiger partial charge in [0.1, 0.15) is 11.8 Å². The van der Waals surface area contributed by atoms with Crippen LogP contribution in [-0.4, -0.2) is 48.2 Å². The number of benzene rings is 2. The van der Waals surface area contributed by atoms with Crippen LogP contribution in [0.3, 0.4) is 0 Å². The largest absolute Gasteiger partial charge is 0.497 e. The van der Waals surface area contributed by atoms with Crippen LogP contribution in [0.1, 0.15) is 51.3 Å². The molecular formula is C23H19Cl4NO6. The fourth-order valence-corrected chi connectivity index (χ4v) is 4.53. The van der Waals surface area contributed by atoms with Gasteiger partial charge in [-0.05, 0) is 24.5 Å². The Bertz CT molecular complexity index is 1150. The van der Waals surface area contributed by atoms with Gasteiger partial charge in [-0.2, -0.15) is 0 Å². The molecule has 1 aliphatic heterocycles. The Morgan fingerprint density at radius 3 is 2.00 bits per heavy atom. The van der Waals surface area contributed by atoms with Gasteiger partial charge >= 0.3 is 5.97 Å². The number of ketones is 1. The summed E-state index contributed by atoms with van der Waals surface area (Å²) in [7, 11) is 1.46. The Kier molecular flexibility index (Phi) is 8.14. The summed E-state index contributed by atoms with van der Waals surface area (Å²) in [4.78, 5) is 52.6. The summed E-state index contributed by atoms with van der Waals surface area (Å²) in [5.41, 5.74) is -0.198. The minimum Gasteiger partial charge on any atom is -0.497 e. The lowest BCUT2D eigenvalue weighted by Gasteiger charge is -2.26. The number of esters is 1. The SMILES string of the molecule is COc1cccc(C(=O)COC(=O)[C@@H](CC(C)C)N2C(=O)c3c(Cl)c(Cl)c(Cl)c(Cl)c3C2=O)c1. The van der Waals surface area contributed by atoms with Gasteiger partial charge in [0.15, 0.2) is 12.4 Å². The van der Waals surface area contributed by atoms with Crippen LogP contribution in [0.4, 0.5) is 0 Å². The third kappa shape index (κ3) is 4.89. The molecule has 1 aliphatic rings. The fourth-order valence-electron chi connectivity index (χ4n) is 3.52. The van der Waals surface area contributed by atoms with Crippen LogP contribution in [-0.2, 0) is 9.53 Å². The Labute approximate surface area is 215 Å². The summed E-state index contributed by atoms with van der Waals surface area (Å²) >= 11 is 24.5. The first-order valence-electron chi connectivity index (χ1n) is 10.1. The topological polar surface area (TPSA) is 90.0 Å². The molecule has 7 nitrogen and oxygen atoms in total. The zero-order valence-corrected chi connectivity index (χ0v) is 21.3. The van der Waals surface area contributed by atoms with Crippen molar-refractivity contribution in [3.8, 4) is 5.75 Å². The van der Waals surface area contributed by atoms with Crippen LogP contribution in [0.5, 0.6) is 5.75 Å². The minimum atomic E-state index is -1.32. The van der Waals surface area contributed by atoms with E-state index in [2.05, 4.69) is 0 Å². The van der Waals surface area contributed by atoms with Crippen molar-refractivity contribution in [1.29, 1.82) is 0 Å². The Balaban J connectivity index is 1.88. The summed E-state index contributed by atoms with van der Waals surface area (Å²) in [5.74, 6) is -2.77. The van der Waals surface area contributed by atoms with Gasteiger partial charge in [0.05, 0.1) is 38.3 Å². The molecule has 3 rings (SSSR count). The minimum absolute atomic E-state index is 0.0777. The first kappa shape index (κ1) is 26.3. The number of carbonyl (C=O) groups is 4. The van der Waals surface area contributed by atoms with Gasteiger partial charge in [0.2, 0.25) is 0 Å². The molecule has 0 fully saturated rings. The number of fused-ring (bicyclic) bond motifs is 1. The van der Waals surface area contributed by atoms with Crippen LogP contribution in [0.25, 0.3) is 0 Å². The Morgan fingerprint density at radius 1 is 0.941 bits per heavy atom. The monoisotopic (exact) mass is 545 g/mol. The highest BCUT2D eigenvalue weighted by Gasteiger charge is 2.47. The Morgan fingerprint density at radius 2 is 1.50 bits per heavy atom. The molecule has 2 aromatic carbocycles. The van der Waals surface area contributed by atoms with Crippen molar-refractivity contribution in [2.24, 2.45) is 5.92 Å². The zero-order valence-electron chi connectivity index (χ0n) is 18.3. The highest BCUT2D eigenvalue weighted by molar-refractivity contribution is 6.55. The smallest absolute Gasteiger partial charge is 0.329 e. The van der Waals surface area contributed by atoms with Crippen molar-refractivity contribution in [1.82, 2.24) is 4.90 Å². The number of hydrogen-bond acceptors (Lipinski definition) is 6. The second-order valence-electron chi connectivity index (χ2n) is 7.89. The molecule has 0 N–H and O–H groups in total. The molecule has 2 amide bonds. The molecule has 180 valence electrons. The van der Waals surface area contributed by atoms with Crippen molar-refractivity contribution >= 4 is 70.0 Å². The molecule has 0 unspecified atom stereocenters. The van der Waals surface area contributed by atoms with Crippen molar-refractivity contribution < 1.29 is 28.7 Å². The normalized spacial score (nSPS) is 13.8. The van der Waals surface area contributed by atoms with E-state index in [9.17, 15) is 19.2 Å². The highest BCUT2D eigenvalue weighted by Crippen LogP contribution is 2.45. The van der Waals surface area contributed by atoms with E-state index >= 15 is 0 Å². The van der Waals surface area contributed by atoms with Crippen molar-refractivity contribution in [2.45, 2.75) is 26.3 Å². The van der Waals surface area contributed by atoms with Crippen molar-refractivity contribution in [3.63, 3.8) is 0 Å². The number of methoxy groups -OCH3 is 1. The summed E-state index contributed by atoms with van der Waals surface area (Å²) in [6.45, 7) is 3.00. The standard InChI is InChI=1S/C23H19Cl4NO6/c1-10(2)7-13(23(32)34-9-14(29)11-5-4-6-12(8-11)33-3)28-21(30)15-16(22(28)31)18(25)20(27)19(26)17(15)24/h4-6,8,10,13H,7,9H2,1-3H3/t13-/m1/s1. The number of amides is 2. The molecule has 1 atom stereocenters. The number of rotatable bonds is 8. The van der Waals surface area contributed by atoms with Gasteiger partial charge in [-0.3, -0.25) is 19.3 Å². The van der Waals surface area contributed by atoms with E-state index in [1.165, 1.54) is 13.2 Å². The highest BCUT2D eigenvalue weighted by atomic mass is 35.5. The number of hydrogen-bond donors (Lipinski definition) is 0. The van der Waals surface area contributed by atoms with Gasteiger partial charge in [-0.1, -0.05) is 72.4 Å². The molecule has 1 heterocycles. The molecule has 0 aliphatic carbocycles. The molecule has 0 saturated carbocycles. The van der Waals surface area contributed by atoms with Crippen LogP contribution in [0.15, 0.2) is 24.3 Å². The number of halogens is 4. The van der Waals surface area contributed by atoms with E-state index in [0.717, 1.165) is 4.90 Å². The first-order valence-corrected chi connectivity index (χ1v) is 11.6. The third-order valence-corrected chi connectivity index (χ3v) is 6.95. The van der Waals surface area contributed by atoms with Gasteiger partial charge < -0.3 is 9.47 Å². The molecule has 34 heavy (non-hydrogen) atoms. The van der Waals surface area contributed by atoms with Crippen LogP contribution >= 0.6 is 46.4 Å². The average molecular weight is 547 g/mol. The van der Waals surface area contributed by atoms with E-state index in [1.54, 1.807) is 32.0 Å². The number of ether oxygens (including phenoxy) is 2. The van der Waals surface area contributed by atoms with E-state index in [4.69, 9.17) is 55.9 Å². The third-order valence-electron chi connectivity index (χ3n) is 5.15. The van der Waals surface area contributed by atoms with Crippen LogP contribution < -0.4 is 4.74 Å². The van der Waals surface area contributed by atoms with E-state index in [-0.39, 0.29) is 49.1 Å². The van der Waals surface area contributed by atoms with Gasteiger partial charge in [0.25, 0.3) is 11.8 Å². The number of carbonyl (C=O) groups excluding carboxylic acids is 4. The van der Waals surface area contributed by atoms with Crippen molar-refractivity contribution in [3.05, 3.63) is 61.0 Å². The van der Waals surface area contributed by atoms with E-state index < -0.39 is 36.2 Å². The number of imide groups is 1. The zero-order chi connectivity index (χ0) is 25.3. The lowest BCUT2D eigenvalue weighted by molar-refractivity contribution is -0.147. The summed E-state index contributed by atoms with van der Waals surface area (Å²) in [6.07, 6.45) is 0.0777. The maximum absolute atomic E-state index is 13.2. The first-order chi connectivity index (χ1) is 16.0. The summed E-state index contributed by atoms with van der Waals surface area (Å²) in [6, 6.07) is 5.02. The molecule has 2 aromatic rings. The maximum atomic E-state index is 13.2. The molecule has 0 bridgehead atoms. The second kappa shape index (κ2) is 10.5. The fraction of sp³-hybridized carbons (Fsp3) is 0.304. The molecule has 0 radical (unpaired) electrons. The van der Waals surface area contributed by atoms with Crippen LogP contribution in [0.2, 0.25) is 20.1 Å². The van der Waals surface area contributed by atoms with E-state index in [1.807, 2.05) is 0 Å². The molecule has 11 heteroatoms. The lowest BCUT2D eigenvalue weighted by Crippen LogP contribution is -2.46. The van der Waals surface area contributed by atoms with Crippen molar-refractivity contribution in [2.75, 3.05) is 13.7 Å². The van der Waals surface area contributed by atoms with Crippen LogP contribution in [0, 0.1) is 5.92 Å². The quantitative estimate of drug-likeness (QED) is 0.138. The molecular weight excluding hydrogens is 528 g/mol. The predicted molar refractivity (Wildman–Crippen MR) is 129 cm³/mol. The predicted octanol–water partition coefficient (Wildman–Crippen LogP) is 5.75. The van der Waals surface area contributed by atoms with Gasteiger partial charge in [0, 0.05) is 5.56 Å².